The van der Waals surface area contributed by atoms with Crippen molar-refractivity contribution >= 4 is 17.4 Å². The van der Waals surface area contributed by atoms with Gasteiger partial charge in [-0.15, -0.1) is 0 Å². The van der Waals surface area contributed by atoms with E-state index in [1.54, 1.807) is 4.68 Å². The fourth-order valence-electron chi connectivity index (χ4n) is 0.827. The van der Waals surface area contributed by atoms with Crippen molar-refractivity contribution in [1.82, 2.24) is 9.78 Å². The Kier molecular flexibility index (Phi) is 2.29. The maximum Gasteiger partial charge on any atom is 0.164 e. The van der Waals surface area contributed by atoms with Crippen molar-refractivity contribution in [2.45, 2.75) is 20.4 Å². The zero-order valence-electron chi connectivity index (χ0n) is 6.47. The van der Waals surface area contributed by atoms with Crippen LogP contribution in [0.1, 0.15) is 24.2 Å². The Labute approximate surface area is 70.0 Å². The molecule has 0 saturated carbocycles. The Morgan fingerprint density at radius 1 is 1.82 bits per heavy atom. The number of carbonyl (C=O) groups excluding carboxylic acids is 1. The summed E-state index contributed by atoms with van der Waals surface area (Å²) >= 11 is 5.80. The third-order valence-electron chi connectivity index (χ3n) is 1.45. The topological polar surface area (TPSA) is 34.9 Å². The highest BCUT2D eigenvalue weighted by molar-refractivity contribution is 6.32. The van der Waals surface area contributed by atoms with Crippen molar-refractivity contribution in [3.05, 3.63) is 16.9 Å². The molecule has 0 aromatic carbocycles. The van der Waals surface area contributed by atoms with Gasteiger partial charge in [0.15, 0.2) is 5.78 Å². The fraction of sp³-hybridized carbons (Fsp3) is 0.429. The summed E-state index contributed by atoms with van der Waals surface area (Å²) in [4.78, 5) is 10.9. The molecule has 1 rings (SSSR count). The third kappa shape index (κ3) is 1.43. The molecule has 0 aliphatic rings. The standard InChI is InChI=1S/C7H9ClN2O/c1-3-10-7(8)6(4-9-10)5(2)11/h4H,3H2,1-2H3. The average molecular weight is 173 g/mol. The molecule has 4 heteroatoms. The van der Waals surface area contributed by atoms with Gasteiger partial charge in [0.25, 0.3) is 0 Å². The molecular formula is C7H9ClN2O. The molecule has 0 atom stereocenters. The number of Topliss-reactive ketones (excluding diaryl/α,β-unsaturated/α-hetero) is 1. The summed E-state index contributed by atoms with van der Waals surface area (Å²) in [5.74, 6) is -0.0466. The molecule has 3 nitrogen and oxygen atoms in total. The van der Waals surface area contributed by atoms with Gasteiger partial charge in [0.2, 0.25) is 0 Å². The summed E-state index contributed by atoms with van der Waals surface area (Å²) in [6.45, 7) is 4.08. The lowest BCUT2D eigenvalue weighted by molar-refractivity contribution is 0.101. The predicted octanol–water partition coefficient (Wildman–Crippen LogP) is 1.76. The number of hydrogen-bond donors (Lipinski definition) is 0. The first kappa shape index (κ1) is 8.27. The van der Waals surface area contributed by atoms with Gasteiger partial charge in [0.1, 0.15) is 5.15 Å². The first-order valence-electron chi connectivity index (χ1n) is 3.39. The quantitative estimate of drug-likeness (QED) is 0.638. The molecule has 60 valence electrons. The lowest BCUT2D eigenvalue weighted by Crippen LogP contribution is -1.97. The molecule has 0 unspecified atom stereocenters. The largest absolute Gasteiger partial charge is 0.294 e. The summed E-state index contributed by atoms with van der Waals surface area (Å²) in [7, 11) is 0. The van der Waals surface area contributed by atoms with Crippen LogP contribution in [0.25, 0.3) is 0 Å². The molecule has 1 aromatic heterocycles. The minimum atomic E-state index is -0.0466. The van der Waals surface area contributed by atoms with Gasteiger partial charge in [-0.05, 0) is 13.8 Å². The maximum atomic E-state index is 10.9. The summed E-state index contributed by atoms with van der Waals surface area (Å²) < 4.78 is 1.58. The number of aryl methyl sites for hydroxylation is 1. The minimum Gasteiger partial charge on any atom is -0.294 e. The van der Waals surface area contributed by atoms with Crippen molar-refractivity contribution in [3.63, 3.8) is 0 Å². The van der Waals surface area contributed by atoms with Gasteiger partial charge in [-0.3, -0.25) is 9.48 Å². The van der Waals surface area contributed by atoms with Crippen LogP contribution in [-0.4, -0.2) is 15.6 Å². The second kappa shape index (κ2) is 3.05. The normalized spacial score (nSPS) is 10.1. The molecule has 0 aliphatic heterocycles. The van der Waals surface area contributed by atoms with E-state index in [4.69, 9.17) is 11.6 Å². The van der Waals surface area contributed by atoms with Crippen molar-refractivity contribution in [2.75, 3.05) is 0 Å². The number of carbonyl (C=O) groups is 1. The molecular weight excluding hydrogens is 164 g/mol. The lowest BCUT2D eigenvalue weighted by Gasteiger charge is -1.95. The van der Waals surface area contributed by atoms with Gasteiger partial charge in [0, 0.05) is 6.54 Å². The SMILES string of the molecule is CCn1ncc(C(C)=O)c1Cl. The molecule has 0 spiro atoms. The number of nitrogens with zero attached hydrogens (tertiary/aromatic N) is 2. The van der Waals surface area contributed by atoms with E-state index in [-0.39, 0.29) is 5.78 Å². The van der Waals surface area contributed by atoms with Crippen molar-refractivity contribution in [1.29, 1.82) is 0 Å². The fourth-order valence-corrected chi connectivity index (χ4v) is 1.17. The van der Waals surface area contributed by atoms with E-state index in [0.717, 1.165) is 0 Å². The van der Waals surface area contributed by atoms with Crippen molar-refractivity contribution in [3.8, 4) is 0 Å². The highest BCUT2D eigenvalue weighted by Crippen LogP contribution is 2.15. The maximum absolute atomic E-state index is 10.9. The Hall–Kier alpha value is -0.830. The van der Waals surface area contributed by atoms with E-state index in [1.165, 1.54) is 13.1 Å². The van der Waals surface area contributed by atoms with Crippen molar-refractivity contribution in [2.24, 2.45) is 0 Å². The van der Waals surface area contributed by atoms with E-state index >= 15 is 0 Å². The third-order valence-corrected chi connectivity index (χ3v) is 1.85. The molecule has 1 aromatic rings. The molecule has 0 bridgehead atoms. The monoisotopic (exact) mass is 172 g/mol. The number of halogens is 1. The van der Waals surface area contributed by atoms with Crippen LogP contribution >= 0.6 is 11.6 Å². The lowest BCUT2D eigenvalue weighted by atomic mass is 10.3. The van der Waals surface area contributed by atoms with E-state index in [1.807, 2.05) is 6.92 Å². The van der Waals surface area contributed by atoms with Gasteiger partial charge in [-0.1, -0.05) is 11.6 Å². The summed E-state index contributed by atoms with van der Waals surface area (Å²) in [5.41, 5.74) is 0.494. The summed E-state index contributed by atoms with van der Waals surface area (Å²) in [5, 5.41) is 4.35. The highest BCUT2D eigenvalue weighted by Gasteiger charge is 2.10. The molecule has 0 fully saturated rings. The Bertz CT molecular complexity index is 280. The molecule has 0 radical (unpaired) electrons. The molecule has 0 saturated heterocycles. The number of ketones is 1. The molecule has 0 amide bonds. The number of rotatable bonds is 2. The van der Waals surface area contributed by atoms with E-state index in [9.17, 15) is 4.79 Å². The van der Waals surface area contributed by atoms with Crippen molar-refractivity contribution < 1.29 is 4.79 Å². The van der Waals surface area contributed by atoms with Crippen LogP contribution in [0.5, 0.6) is 0 Å². The van der Waals surface area contributed by atoms with Crippen LogP contribution in [0, 0.1) is 0 Å². The summed E-state index contributed by atoms with van der Waals surface area (Å²) in [6.07, 6.45) is 1.49. The van der Waals surface area contributed by atoms with E-state index in [2.05, 4.69) is 5.10 Å². The van der Waals surface area contributed by atoms with Crippen LogP contribution in [0.4, 0.5) is 0 Å². The van der Waals surface area contributed by atoms with Gasteiger partial charge >= 0.3 is 0 Å². The Morgan fingerprint density at radius 2 is 2.45 bits per heavy atom. The first-order valence-corrected chi connectivity index (χ1v) is 3.76. The van der Waals surface area contributed by atoms with Gasteiger partial charge in [-0.2, -0.15) is 5.10 Å². The zero-order valence-corrected chi connectivity index (χ0v) is 7.22. The van der Waals surface area contributed by atoms with Crippen LogP contribution in [-0.2, 0) is 6.54 Å². The highest BCUT2D eigenvalue weighted by atomic mass is 35.5. The predicted molar refractivity (Wildman–Crippen MR) is 42.9 cm³/mol. The van der Waals surface area contributed by atoms with Gasteiger partial charge in [-0.25, -0.2) is 0 Å². The van der Waals surface area contributed by atoms with Crippen LogP contribution in [0.2, 0.25) is 5.15 Å². The second-order valence-corrected chi connectivity index (χ2v) is 2.58. The zero-order chi connectivity index (χ0) is 8.43. The van der Waals surface area contributed by atoms with Gasteiger partial charge in [0.05, 0.1) is 11.8 Å². The summed E-state index contributed by atoms with van der Waals surface area (Å²) in [6, 6.07) is 0. The number of aromatic nitrogens is 2. The molecule has 0 aliphatic carbocycles. The van der Waals surface area contributed by atoms with Crippen LogP contribution < -0.4 is 0 Å². The molecule has 1 heterocycles. The Morgan fingerprint density at radius 3 is 2.73 bits per heavy atom. The molecule has 11 heavy (non-hydrogen) atoms. The Balaban J connectivity index is 3.10. The van der Waals surface area contributed by atoms with Crippen LogP contribution in [0.15, 0.2) is 6.20 Å². The second-order valence-electron chi connectivity index (χ2n) is 2.22. The number of hydrogen-bond acceptors (Lipinski definition) is 2. The van der Waals surface area contributed by atoms with Gasteiger partial charge < -0.3 is 0 Å². The van der Waals surface area contributed by atoms with E-state index in [0.29, 0.717) is 17.3 Å². The van der Waals surface area contributed by atoms with Crippen LogP contribution in [0.3, 0.4) is 0 Å². The smallest absolute Gasteiger partial charge is 0.164 e. The average Bonchev–Trinajstić information content (AvgIpc) is 2.30. The van der Waals surface area contributed by atoms with E-state index < -0.39 is 0 Å². The minimum absolute atomic E-state index is 0.0466. The first-order chi connectivity index (χ1) is 5.16. The molecule has 0 N–H and O–H groups in total.